The molecule has 0 atom stereocenters. The van der Waals surface area contributed by atoms with Crippen molar-refractivity contribution in [2.45, 2.75) is 6.92 Å². The van der Waals surface area contributed by atoms with Gasteiger partial charge in [0.2, 0.25) is 0 Å². The van der Waals surface area contributed by atoms with Crippen LogP contribution in [0, 0.1) is 6.92 Å². The first-order valence-electron chi connectivity index (χ1n) is 6.36. The maximum Gasteiger partial charge on any atom is 0.162 e. The van der Waals surface area contributed by atoms with Gasteiger partial charge in [0, 0.05) is 10.9 Å². The zero-order chi connectivity index (χ0) is 14.1. The smallest absolute Gasteiger partial charge is 0.162 e. The van der Waals surface area contributed by atoms with Crippen LogP contribution in [0.3, 0.4) is 0 Å². The molecular weight excluding hydrogens is 250 g/mol. The van der Waals surface area contributed by atoms with Gasteiger partial charge in [0.05, 0.1) is 12.6 Å². The molecule has 2 aromatic carbocycles. The Labute approximate surface area is 117 Å². The molecule has 0 bridgehead atoms. The Morgan fingerprint density at radius 3 is 2.65 bits per heavy atom. The van der Waals surface area contributed by atoms with Gasteiger partial charge in [-0.3, -0.25) is 0 Å². The summed E-state index contributed by atoms with van der Waals surface area (Å²) >= 11 is 0. The topological polar surface area (TPSA) is 61.0 Å². The summed E-state index contributed by atoms with van der Waals surface area (Å²) in [6, 6.07) is 13.6. The predicted molar refractivity (Wildman–Crippen MR) is 80.7 cm³/mol. The van der Waals surface area contributed by atoms with Crippen LogP contribution in [0.2, 0.25) is 0 Å². The summed E-state index contributed by atoms with van der Waals surface area (Å²) in [7, 11) is 1.64. The minimum Gasteiger partial charge on any atom is -0.497 e. The molecule has 4 heteroatoms. The summed E-state index contributed by atoms with van der Waals surface area (Å²) in [5.41, 5.74) is 8.91. The molecule has 20 heavy (non-hydrogen) atoms. The highest BCUT2D eigenvalue weighted by Crippen LogP contribution is 2.26. The first kappa shape index (κ1) is 12.4. The van der Waals surface area contributed by atoms with E-state index in [0.29, 0.717) is 11.6 Å². The van der Waals surface area contributed by atoms with Crippen molar-refractivity contribution in [2.75, 3.05) is 12.8 Å². The van der Waals surface area contributed by atoms with Gasteiger partial charge in [0.15, 0.2) is 5.82 Å². The first-order valence-corrected chi connectivity index (χ1v) is 6.36. The Kier molecular flexibility index (Phi) is 2.99. The van der Waals surface area contributed by atoms with Gasteiger partial charge in [-0.2, -0.15) is 0 Å². The molecule has 1 aromatic heterocycles. The fourth-order valence-electron chi connectivity index (χ4n) is 2.21. The molecule has 0 aliphatic rings. The normalized spacial score (nSPS) is 10.7. The van der Waals surface area contributed by atoms with Crippen LogP contribution in [0.25, 0.3) is 22.3 Å². The maximum atomic E-state index is 6.05. The van der Waals surface area contributed by atoms with Gasteiger partial charge in [-0.1, -0.05) is 24.3 Å². The number of benzene rings is 2. The maximum absolute atomic E-state index is 6.05. The van der Waals surface area contributed by atoms with Gasteiger partial charge in [0.25, 0.3) is 0 Å². The van der Waals surface area contributed by atoms with Gasteiger partial charge < -0.3 is 10.5 Å². The number of anilines is 1. The van der Waals surface area contributed by atoms with Crippen LogP contribution in [0.4, 0.5) is 5.82 Å². The molecule has 3 aromatic rings. The number of aromatic nitrogens is 2. The van der Waals surface area contributed by atoms with E-state index in [2.05, 4.69) is 9.97 Å². The third-order valence-electron chi connectivity index (χ3n) is 3.29. The molecule has 0 aliphatic heterocycles. The summed E-state index contributed by atoms with van der Waals surface area (Å²) < 4.78 is 5.23. The summed E-state index contributed by atoms with van der Waals surface area (Å²) in [5, 5.41) is 0.886. The highest BCUT2D eigenvalue weighted by Gasteiger charge is 2.09. The van der Waals surface area contributed by atoms with E-state index in [9.17, 15) is 0 Å². The van der Waals surface area contributed by atoms with E-state index in [1.807, 2.05) is 49.4 Å². The molecule has 0 amide bonds. The quantitative estimate of drug-likeness (QED) is 0.773. The summed E-state index contributed by atoms with van der Waals surface area (Å²) in [6.07, 6.45) is 0. The van der Waals surface area contributed by atoms with Crippen molar-refractivity contribution in [1.82, 2.24) is 9.97 Å². The third-order valence-corrected chi connectivity index (χ3v) is 3.29. The van der Waals surface area contributed by atoms with E-state index in [-0.39, 0.29) is 0 Å². The Morgan fingerprint density at radius 1 is 1.05 bits per heavy atom. The van der Waals surface area contributed by atoms with Crippen LogP contribution < -0.4 is 10.5 Å². The summed E-state index contributed by atoms with van der Waals surface area (Å²) in [5.74, 6) is 1.88. The molecule has 0 aliphatic carbocycles. The lowest BCUT2D eigenvalue weighted by atomic mass is 10.1. The van der Waals surface area contributed by atoms with Crippen LogP contribution in [0.5, 0.6) is 5.75 Å². The van der Waals surface area contributed by atoms with Crippen molar-refractivity contribution >= 4 is 16.7 Å². The van der Waals surface area contributed by atoms with E-state index in [1.54, 1.807) is 7.11 Å². The molecule has 0 unspecified atom stereocenters. The monoisotopic (exact) mass is 265 g/mol. The third kappa shape index (κ3) is 2.05. The Balaban J connectivity index is 2.24. The zero-order valence-corrected chi connectivity index (χ0v) is 11.4. The van der Waals surface area contributed by atoms with E-state index >= 15 is 0 Å². The summed E-state index contributed by atoms with van der Waals surface area (Å²) in [6.45, 7) is 2.02. The molecule has 1 heterocycles. The number of nitrogen functional groups attached to an aromatic ring is 1. The number of ether oxygens (including phenoxy) is 1. The molecule has 2 N–H and O–H groups in total. The summed E-state index contributed by atoms with van der Waals surface area (Å²) in [4.78, 5) is 9.03. The van der Waals surface area contributed by atoms with Crippen molar-refractivity contribution in [1.29, 1.82) is 0 Å². The fraction of sp³-hybridized carbons (Fsp3) is 0.125. The molecule has 0 spiro atoms. The van der Waals surface area contributed by atoms with Gasteiger partial charge >= 0.3 is 0 Å². The van der Waals surface area contributed by atoms with E-state index in [0.717, 1.165) is 27.8 Å². The molecule has 0 saturated carbocycles. The molecule has 100 valence electrons. The van der Waals surface area contributed by atoms with Crippen LogP contribution in [0.1, 0.15) is 5.56 Å². The largest absolute Gasteiger partial charge is 0.497 e. The standard InChI is InChI=1S/C16H15N3O/c1-10-5-3-8-13-14(10)18-16(19-15(13)17)11-6-4-7-12(9-11)20-2/h3-9H,1-2H3,(H2,17,18,19). The molecule has 3 rings (SSSR count). The van der Waals surface area contributed by atoms with Gasteiger partial charge in [0.1, 0.15) is 11.6 Å². The average molecular weight is 265 g/mol. The van der Waals surface area contributed by atoms with Crippen molar-refractivity contribution < 1.29 is 4.74 Å². The van der Waals surface area contributed by atoms with Crippen molar-refractivity contribution in [3.05, 3.63) is 48.0 Å². The van der Waals surface area contributed by atoms with E-state index in [1.165, 1.54) is 0 Å². The lowest BCUT2D eigenvalue weighted by molar-refractivity contribution is 0.415. The number of nitrogens with zero attached hydrogens (tertiary/aromatic N) is 2. The SMILES string of the molecule is COc1cccc(-c2nc(N)c3cccc(C)c3n2)c1. The number of para-hydroxylation sites is 1. The van der Waals surface area contributed by atoms with Crippen molar-refractivity contribution in [2.24, 2.45) is 0 Å². The van der Waals surface area contributed by atoms with Crippen LogP contribution in [0.15, 0.2) is 42.5 Å². The number of methoxy groups -OCH3 is 1. The number of hydrogen-bond acceptors (Lipinski definition) is 4. The zero-order valence-electron chi connectivity index (χ0n) is 11.4. The van der Waals surface area contributed by atoms with Gasteiger partial charge in [-0.05, 0) is 30.7 Å². The van der Waals surface area contributed by atoms with Gasteiger partial charge in [-0.15, -0.1) is 0 Å². The number of rotatable bonds is 2. The Morgan fingerprint density at radius 2 is 1.85 bits per heavy atom. The molecule has 0 radical (unpaired) electrons. The molecular formula is C16H15N3O. The van der Waals surface area contributed by atoms with Crippen LogP contribution in [-0.4, -0.2) is 17.1 Å². The number of nitrogens with two attached hydrogens (primary N) is 1. The predicted octanol–water partition coefficient (Wildman–Crippen LogP) is 3.20. The number of hydrogen-bond donors (Lipinski definition) is 1. The number of aryl methyl sites for hydroxylation is 1. The second-order valence-corrected chi connectivity index (χ2v) is 4.64. The Bertz CT molecular complexity index is 784. The molecule has 0 saturated heterocycles. The highest BCUT2D eigenvalue weighted by molar-refractivity contribution is 5.91. The molecule has 0 fully saturated rings. The van der Waals surface area contributed by atoms with Crippen LogP contribution in [-0.2, 0) is 0 Å². The lowest BCUT2D eigenvalue weighted by Crippen LogP contribution is -1.99. The highest BCUT2D eigenvalue weighted by atomic mass is 16.5. The number of fused-ring (bicyclic) bond motifs is 1. The fourth-order valence-corrected chi connectivity index (χ4v) is 2.21. The lowest BCUT2D eigenvalue weighted by Gasteiger charge is -2.08. The van der Waals surface area contributed by atoms with Crippen LogP contribution >= 0.6 is 0 Å². The van der Waals surface area contributed by atoms with E-state index < -0.39 is 0 Å². The van der Waals surface area contributed by atoms with Gasteiger partial charge in [-0.25, -0.2) is 9.97 Å². The Hall–Kier alpha value is -2.62. The minimum absolute atomic E-state index is 0.497. The second-order valence-electron chi connectivity index (χ2n) is 4.64. The van der Waals surface area contributed by atoms with Crippen molar-refractivity contribution in [3.8, 4) is 17.1 Å². The van der Waals surface area contributed by atoms with Crippen molar-refractivity contribution in [3.63, 3.8) is 0 Å². The minimum atomic E-state index is 0.497. The molecule has 4 nitrogen and oxygen atoms in total. The average Bonchev–Trinajstić information content (AvgIpc) is 2.48. The second kappa shape index (κ2) is 4.81. The van der Waals surface area contributed by atoms with E-state index in [4.69, 9.17) is 10.5 Å². The first-order chi connectivity index (χ1) is 9.69.